The zero-order valence-corrected chi connectivity index (χ0v) is 11.8. The maximum Gasteiger partial charge on any atom is 0.326 e. The molecule has 4 nitrogen and oxygen atoms in total. The Labute approximate surface area is 115 Å². The van der Waals surface area contributed by atoms with E-state index in [0.717, 1.165) is 4.88 Å². The molecule has 0 aliphatic carbocycles. The van der Waals surface area contributed by atoms with Crippen molar-refractivity contribution >= 4 is 34.8 Å². The van der Waals surface area contributed by atoms with Gasteiger partial charge in [-0.15, -0.1) is 11.3 Å². The molecule has 0 spiro atoms. The van der Waals surface area contributed by atoms with Gasteiger partial charge in [0.15, 0.2) is 0 Å². The molecule has 1 aromatic rings. The number of thiophene rings is 1. The van der Waals surface area contributed by atoms with Crippen LogP contribution < -0.4 is 5.32 Å². The topological polar surface area (TPSA) is 66.4 Å². The molecule has 0 radical (unpaired) electrons. The molecule has 6 heteroatoms. The van der Waals surface area contributed by atoms with Crippen LogP contribution in [-0.2, 0) is 16.0 Å². The fourth-order valence-electron chi connectivity index (χ4n) is 1.51. The number of hydrogen-bond donors (Lipinski definition) is 2. The molecular formula is C12H16ClNO3S. The highest BCUT2D eigenvalue weighted by Gasteiger charge is 2.25. The van der Waals surface area contributed by atoms with Crippen molar-refractivity contribution in [1.29, 1.82) is 0 Å². The van der Waals surface area contributed by atoms with Crippen LogP contribution in [0.1, 0.15) is 25.1 Å². The van der Waals surface area contributed by atoms with Crippen molar-refractivity contribution in [3.05, 3.63) is 21.3 Å². The zero-order chi connectivity index (χ0) is 13.7. The van der Waals surface area contributed by atoms with Gasteiger partial charge in [-0.1, -0.05) is 31.9 Å². The van der Waals surface area contributed by atoms with Gasteiger partial charge in [0.05, 0.1) is 10.8 Å². The second kappa shape index (κ2) is 6.75. The highest BCUT2D eigenvalue weighted by atomic mass is 35.5. The lowest BCUT2D eigenvalue weighted by atomic mass is 9.99. The number of aliphatic carboxylic acids is 1. The van der Waals surface area contributed by atoms with Crippen LogP contribution in [0.2, 0.25) is 4.34 Å². The highest BCUT2D eigenvalue weighted by Crippen LogP contribution is 2.21. The van der Waals surface area contributed by atoms with Crippen LogP contribution in [0.25, 0.3) is 0 Å². The molecule has 18 heavy (non-hydrogen) atoms. The maximum atomic E-state index is 11.7. The van der Waals surface area contributed by atoms with E-state index in [0.29, 0.717) is 10.8 Å². The number of nitrogens with one attached hydrogen (secondary N) is 1. The van der Waals surface area contributed by atoms with Gasteiger partial charge in [0.25, 0.3) is 0 Å². The lowest BCUT2D eigenvalue weighted by molar-refractivity contribution is -0.143. The standard InChI is InChI=1S/C12H16ClNO3S/c1-3-7(2)11(12(16)17)14-10(15)6-8-4-5-9(13)18-8/h4-5,7,11H,3,6H2,1-2H3,(H,14,15)(H,16,17)/t7-,11-/m0/s1. The van der Waals surface area contributed by atoms with E-state index in [1.165, 1.54) is 11.3 Å². The first-order chi connectivity index (χ1) is 8.43. The minimum atomic E-state index is -0.998. The molecule has 1 heterocycles. The van der Waals surface area contributed by atoms with Gasteiger partial charge < -0.3 is 10.4 Å². The zero-order valence-electron chi connectivity index (χ0n) is 10.3. The highest BCUT2D eigenvalue weighted by molar-refractivity contribution is 7.16. The first-order valence-electron chi connectivity index (χ1n) is 5.70. The van der Waals surface area contributed by atoms with Gasteiger partial charge in [-0.3, -0.25) is 4.79 Å². The van der Waals surface area contributed by atoms with Crippen molar-refractivity contribution < 1.29 is 14.7 Å². The number of carbonyl (C=O) groups is 2. The van der Waals surface area contributed by atoms with Crippen molar-refractivity contribution in [1.82, 2.24) is 5.32 Å². The van der Waals surface area contributed by atoms with Gasteiger partial charge in [-0.2, -0.15) is 0 Å². The molecule has 0 aliphatic rings. The Bertz CT molecular complexity index is 433. The van der Waals surface area contributed by atoms with E-state index in [-0.39, 0.29) is 18.2 Å². The molecule has 1 amide bonds. The summed E-state index contributed by atoms with van der Waals surface area (Å²) in [6.07, 6.45) is 0.861. The molecular weight excluding hydrogens is 274 g/mol. The quantitative estimate of drug-likeness (QED) is 0.846. The third kappa shape index (κ3) is 4.31. The van der Waals surface area contributed by atoms with Gasteiger partial charge >= 0.3 is 5.97 Å². The summed E-state index contributed by atoms with van der Waals surface area (Å²) in [6.45, 7) is 3.70. The third-order valence-corrected chi connectivity index (χ3v) is 3.99. The molecule has 2 atom stereocenters. The monoisotopic (exact) mass is 289 g/mol. The Morgan fingerprint density at radius 3 is 2.61 bits per heavy atom. The first kappa shape index (κ1) is 15.0. The molecule has 0 aromatic carbocycles. The number of halogens is 1. The number of carbonyl (C=O) groups excluding carboxylic acids is 1. The Balaban J connectivity index is 2.59. The minimum Gasteiger partial charge on any atom is -0.480 e. The molecule has 0 bridgehead atoms. The number of amides is 1. The summed E-state index contributed by atoms with van der Waals surface area (Å²) >= 11 is 7.09. The molecule has 0 unspecified atom stereocenters. The summed E-state index contributed by atoms with van der Waals surface area (Å²) in [6, 6.07) is 2.65. The predicted molar refractivity (Wildman–Crippen MR) is 72.1 cm³/mol. The van der Waals surface area contributed by atoms with Crippen LogP contribution in [0, 0.1) is 5.92 Å². The van der Waals surface area contributed by atoms with E-state index in [9.17, 15) is 9.59 Å². The lowest BCUT2D eigenvalue weighted by Gasteiger charge is -2.19. The molecule has 0 aliphatic heterocycles. The van der Waals surface area contributed by atoms with E-state index in [1.807, 2.05) is 6.92 Å². The van der Waals surface area contributed by atoms with Crippen LogP contribution in [0.15, 0.2) is 12.1 Å². The van der Waals surface area contributed by atoms with Gasteiger partial charge in [-0.25, -0.2) is 4.79 Å². The minimum absolute atomic E-state index is 0.0987. The Morgan fingerprint density at radius 2 is 2.17 bits per heavy atom. The smallest absolute Gasteiger partial charge is 0.326 e. The summed E-state index contributed by atoms with van der Waals surface area (Å²) in [5.41, 5.74) is 0. The Kier molecular flexibility index (Phi) is 5.62. The first-order valence-corrected chi connectivity index (χ1v) is 6.89. The van der Waals surface area contributed by atoms with Crippen LogP contribution in [0.4, 0.5) is 0 Å². The SMILES string of the molecule is CC[C@H](C)[C@H](NC(=O)Cc1ccc(Cl)s1)C(=O)O. The van der Waals surface area contributed by atoms with Crippen LogP contribution in [-0.4, -0.2) is 23.0 Å². The van der Waals surface area contributed by atoms with E-state index < -0.39 is 12.0 Å². The van der Waals surface area contributed by atoms with Gasteiger partial charge in [0, 0.05) is 4.88 Å². The second-order valence-corrected chi connectivity index (χ2v) is 5.95. The van der Waals surface area contributed by atoms with Crippen molar-refractivity contribution in [3.63, 3.8) is 0 Å². The average Bonchev–Trinajstić information content (AvgIpc) is 2.70. The van der Waals surface area contributed by atoms with E-state index >= 15 is 0 Å². The number of rotatable bonds is 6. The normalized spacial score (nSPS) is 13.9. The van der Waals surface area contributed by atoms with E-state index in [4.69, 9.17) is 16.7 Å². The summed E-state index contributed by atoms with van der Waals surface area (Å²) in [5.74, 6) is -1.39. The number of carboxylic acids is 1. The Morgan fingerprint density at radius 1 is 1.50 bits per heavy atom. The summed E-state index contributed by atoms with van der Waals surface area (Å²) in [4.78, 5) is 23.6. The van der Waals surface area contributed by atoms with E-state index in [1.54, 1.807) is 19.1 Å². The lowest BCUT2D eigenvalue weighted by Crippen LogP contribution is -2.45. The maximum absolute atomic E-state index is 11.7. The fraction of sp³-hybridized carbons (Fsp3) is 0.500. The summed E-state index contributed by atoms with van der Waals surface area (Å²) in [5, 5.41) is 11.6. The number of hydrogen-bond acceptors (Lipinski definition) is 3. The van der Waals surface area contributed by atoms with Crippen LogP contribution in [0.5, 0.6) is 0 Å². The second-order valence-electron chi connectivity index (χ2n) is 4.15. The number of carboxylic acid groups (broad SMARTS) is 1. The largest absolute Gasteiger partial charge is 0.480 e. The van der Waals surface area contributed by atoms with E-state index in [2.05, 4.69) is 5.32 Å². The third-order valence-electron chi connectivity index (χ3n) is 2.76. The average molecular weight is 290 g/mol. The molecule has 0 fully saturated rings. The summed E-state index contributed by atoms with van der Waals surface area (Å²) in [7, 11) is 0. The Hall–Kier alpha value is -1.07. The van der Waals surface area contributed by atoms with Gasteiger partial charge in [0.2, 0.25) is 5.91 Å². The van der Waals surface area contributed by atoms with Crippen molar-refractivity contribution in [2.45, 2.75) is 32.7 Å². The summed E-state index contributed by atoms with van der Waals surface area (Å²) < 4.78 is 0.620. The fourth-order valence-corrected chi connectivity index (χ4v) is 2.60. The van der Waals surface area contributed by atoms with Gasteiger partial charge in [0.1, 0.15) is 6.04 Å². The van der Waals surface area contributed by atoms with Crippen LogP contribution in [0.3, 0.4) is 0 Å². The van der Waals surface area contributed by atoms with Crippen molar-refractivity contribution in [2.75, 3.05) is 0 Å². The molecule has 1 aromatic heterocycles. The van der Waals surface area contributed by atoms with Crippen molar-refractivity contribution in [2.24, 2.45) is 5.92 Å². The molecule has 100 valence electrons. The van der Waals surface area contributed by atoms with Gasteiger partial charge in [-0.05, 0) is 18.1 Å². The van der Waals surface area contributed by atoms with Crippen molar-refractivity contribution in [3.8, 4) is 0 Å². The molecule has 1 rings (SSSR count). The molecule has 0 saturated heterocycles. The van der Waals surface area contributed by atoms with Crippen LogP contribution >= 0.6 is 22.9 Å². The molecule has 2 N–H and O–H groups in total. The predicted octanol–water partition coefficient (Wildman–Crippen LogP) is 2.56. The molecule has 0 saturated carbocycles.